The molecule has 20 heavy (non-hydrogen) atoms. The molecule has 1 heterocycles. The van der Waals surface area contributed by atoms with Crippen LogP contribution in [0.3, 0.4) is 0 Å². The van der Waals surface area contributed by atoms with E-state index in [-0.39, 0.29) is 5.78 Å². The molecule has 0 spiro atoms. The highest BCUT2D eigenvalue weighted by atomic mass is 16.5. The molecular weight excluding hydrogens is 252 g/mol. The smallest absolute Gasteiger partial charge is 0.131 e. The SMILES string of the molecule is CC(=O)CCN(C)C.CCC.CN(C)C1CCOCC1. The van der Waals surface area contributed by atoms with E-state index in [1.54, 1.807) is 6.92 Å². The molecule has 1 aliphatic heterocycles. The minimum Gasteiger partial charge on any atom is -0.381 e. The second-order valence-corrected chi connectivity index (χ2v) is 5.77. The molecule has 0 aromatic carbocycles. The number of Topliss-reactive ketones (excluding diaryl/α,β-unsaturated/α-hetero) is 1. The maximum atomic E-state index is 10.3. The molecule has 4 nitrogen and oxygen atoms in total. The minimum atomic E-state index is 0.263. The van der Waals surface area contributed by atoms with Crippen molar-refractivity contribution in [3.05, 3.63) is 0 Å². The Balaban J connectivity index is 0. The number of hydrogen-bond acceptors (Lipinski definition) is 4. The van der Waals surface area contributed by atoms with Crippen LogP contribution in [0.4, 0.5) is 0 Å². The van der Waals surface area contributed by atoms with E-state index in [2.05, 4.69) is 32.8 Å². The Morgan fingerprint density at radius 3 is 1.75 bits per heavy atom. The normalized spacial score (nSPS) is 15.2. The predicted molar refractivity (Wildman–Crippen MR) is 87.3 cm³/mol. The molecule has 0 aliphatic carbocycles. The highest BCUT2D eigenvalue weighted by molar-refractivity contribution is 5.75. The molecule has 0 unspecified atom stereocenters. The predicted octanol–water partition coefficient (Wildman–Crippen LogP) is 2.67. The van der Waals surface area contributed by atoms with Crippen molar-refractivity contribution in [2.45, 2.75) is 52.5 Å². The first-order chi connectivity index (χ1) is 9.34. The van der Waals surface area contributed by atoms with Gasteiger partial charge in [0, 0.05) is 32.2 Å². The van der Waals surface area contributed by atoms with Crippen LogP contribution in [0.5, 0.6) is 0 Å². The monoisotopic (exact) mass is 288 g/mol. The fraction of sp³-hybridized carbons (Fsp3) is 0.938. The average molecular weight is 288 g/mol. The molecule has 122 valence electrons. The van der Waals surface area contributed by atoms with Crippen molar-refractivity contribution in [2.24, 2.45) is 0 Å². The Labute approximate surface area is 126 Å². The topological polar surface area (TPSA) is 32.8 Å². The lowest BCUT2D eigenvalue weighted by Gasteiger charge is -2.27. The van der Waals surface area contributed by atoms with Gasteiger partial charge in [-0.2, -0.15) is 0 Å². The number of nitrogens with zero attached hydrogens (tertiary/aromatic N) is 2. The van der Waals surface area contributed by atoms with Crippen LogP contribution in [-0.4, -0.2) is 69.6 Å². The summed E-state index contributed by atoms with van der Waals surface area (Å²) in [4.78, 5) is 14.6. The number of carbonyl (C=O) groups is 1. The fourth-order valence-corrected chi connectivity index (χ4v) is 1.58. The summed E-state index contributed by atoms with van der Waals surface area (Å²) in [6.45, 7) is 8.63. The third-order valence-electron chi connectivity index (χ3n) is 2.83. The van der Waals surface area contributed by atoms with Gasteiger partial charge < -0.3 is 14.5 Å². The lowest BCUT2D eigenvalue weighted by molar-refractivity contribution is -0.117. The van der Waals surface area contributed by atoms with Crippen LogP contribution >= 0.6 is 0 Å². The Kier molecular flexibility index (Phi) is 16.3. The van der Waals surface area contributed by atoms with Gasteiger partial charge in [0.05, 0.1) is 0 Å². The van der Waals surface area contributed by atoms with Gasteiger partial charge in [-0.05, 0) is 48.0 Å². The molecule has 0 N–H and O–H groups in total. The molecule has 4 heteroatoms. The van der Waals surface area contributed by atoms with Gasteiger partial charge in [0.1, 0.15) is 5.78 Å². The summed E-state index contributed by atoms with van der Waals surface area (Å²) in [6.07, 6.45) is 4.33. The van der Waals surface area contributed by atoms with Crippen molar-refractivity contribution < 1.29 is 9.53 Å². The van der Waals surface area contributed by atoms with Crippen molar-refractivity contribution in [1.29, 1.82) is 0 Å². The molecule has 0 aromatic rings. The summed E-state index contributed by atoms with van der Waals surface area (Å²) in [5, 5.41) is 0. The van der Waals surface area contributed by atoms with E-state index in [1.165, 1.54) is 19.3 Å². The first-order valence-electron chi connectivity index (χ1n) is 7.73. The van der Waals surface area contributed by atoms with Crippen LogP contribution in [0.2, 0.25) is 0 Å². The van der Waals surface area contributed by atoms with Gasteiger partial charge in [0.2, 0.25) is 0 Å². The molecule has 1 saturated heterocycles. The van der Waals surface area contributed by atoms with Crippen molar-refractivity contribution in [1.82, 2.24) is 9.80 Å². The quantitative estimate of drug-likeness (QED) is 0.796. The molecule has 0 atom stereocenters. The second-order valence-electron chi connectivity index (χ2n) is 5.77. The lowest BCUT2D eigenvalue weighted by Crippen LogP contribution is -2.33. The Bertz CT molecular complexity index is 213. The molecule has 1 rings (SSSR count). The third kappa shape index (κ3) is 17.6. The van der Waals surface area contributed by atoms with E-state index in [1.807, 2.05) is 19.0 Å². The highest BCUT2D eigenvalue weighted by Gasteiger charge is 2.14. The van der Waals surface area contributed by atoms with E-state index in [9.17, 15) is 4.79 Å². The number of ketones is 1. The molecule has 1 aliphatic rings. The van der Waals surface area contributed by atoms with Gasteiger partial charge in [0.25, 0.3) is 0 Å². The molecule has 1 fully saturated rings. The second kappa shape index (κ2) is 14.9. The lowest BCUT2D eigenvalue weighted by atomic mass is 10.1. The molecule has 0 bridgehead atoms. The van der Waals surface area contributed by atoms with Gasteiger partial charge >= 0.3 is 0 Å². The molecule has 0 aromatic heterocycles. The highest BCUT2D eigenvalue weighted by Crippen LogP contribution is 2.10. The van der Waals surface area contributed by atoms with E-state index in [4.69, 9.17) is 4.74 Å². The van der Waals surface area contributed by atoms with Crippen LogP contribution in [0.1, 0.15) is 46.5 Å². The standard InChI is InChI=1S/C7H15NO.C6H13NO.C3H8/c1-8(2)7-3-5-9-6-4-7;1-6(8)4-5-7(2)3;1-3-2/h7H,3-6H2,1-2H3;4-5H2,1-3H3;3H2,1-2H3. The Morgan fingerprint density at radius 1 is 1.10 bits per heavy atom. The van der Waals surface area contributed by atoms with E-state index >= 15 is 0 Å². The average Bonchev–Trinajstić information content (AvgIpc) is 2.39. The van der Waals surface area contributed by atoms with Crippen LogP contribution < -0.4 is 0 Å². The summed E-state index contributed by atoms with van der Waals surface area (Å²) in [7, 11) is 8.19. The van der Waals surface area contributed by atoms with Crippen LogP contribution in [0, 0.1) is 0 Å². The zero-order valence-corrected chi connectivity index (χ0v) is 14.7. The van der Waals surface area contributed by atoms with Gasteiger partial charge in [-0.15, -0.1) is 0 Å². The summed E-state index contributed by atoms with van der Waals surface area (Å²) >= 11 is 0. The number of rotatable bonds is 4. The van der Waals surface area contributed by atoms with Gasteiger partial charge in [-0.25, -0.2) is 0 Å². The summed E-state index contributed by atoms with van der Waals surface area (Å²) in [5.74, 6) is 0.263. The molecular formula is C16H36N2O2. The van der Waals surface area contributed by atoms with Gasteiger partial charge in [-0.3, -0.25) is 4.79 Å². The van der Waals surface area contributed by atoms with Crippen LogP contribution in [0.15, 0.2) is 0 Å². The first kappa shape index (κ1) is 21.8. The van der Waals surface area contributed by atoms with Crippen LogP contribution in [-0.2, 0) is 9.53 Å². The molecule has 0 amide bonds. The van der Waals surface area contributed by atoms with E-state index in [0.717, 1.165) is 25.8 Å². The number of carbonyl (C=O) groups excluding carboxylic acids is 1. The van der Waals surface area contributed by atoms with Crippen molar-refractivity contribution >= 4 is 5.78 Å². The zero-order chi connectivity index (χ0) is 16.0. The largest absolute Gasteiger partial charge is 0.381 e. The zero-order valence-electron chi connectivity index (χ0n) is 14.7. The third-order valence-corrected chi connectivity index (χ3v) is 2.83. The number of hydrogen-bond donors (Lipinski definition) is 0. The summed E-state index contributed by atoms with van der Waals surface area (Å²) < 4.78 is 5.22. The molecule has 0 saturated carbocycles. The Morgan fingerprint density at radius 2 is 1.55 bits per heavy atom. The summed E-state index contributed by atoms with van der Waals surface area (Å²) in [6, 6.07) is 0.763. The summed E-state index contributed by atoms with van der Waals surface area (Å²) in [5.41, 5.74) is 0. The van der Waals surface area contributed by atoms with Crippen molar-refractivity contribution in [3.8, 4) is 0 Å². The first-order valence-corrected chi connectivity index (χ1v) is 7.73. The maximum absolute atomic E-state index is 10.3. The van der Waals surface area contributed by atoms with E-state index < -0.39 is 0 Å². The van der Waals surface area contributed by atoms with Crippen molar-refractivity contribution in [3.63, 3.8) is 0 Å². The van der Waals surface area contributed by atoms with Crippen LogP contribution in [0.25, 0.3) is 0 Å². The fourth-order valence-electron chi connectivity index (χ4n) is 1.58. The van der Waals surface area contributed by atoms with Gasteiger partial charge in [-0.1, -0.05) is 20.3 Å². The number of ether oxygens (including phenoxy) is 1. The van der Waals surface area contributed by atoms with E-state index in [0.29, 0.717) is 6.42 Å². The van der Waals surface area contributed by atoms with Crippen molar-refractivity contribution in [2.75, 3.05) is 47.9 Å². The van der Waals surface area contributed by atoms with Gasteiger partial charge in [0.15, 0.2) is 0 Å². The maximum Gasteiger partial charge on any atom is 0.131 e. The Hall–Kier alpha value is -0.450. The molecule has 0 radical (unpaired) electrons. The minimum absolute atomic E-state index is 0.263.